The van der Waals surface area contributed by atoms with Crippen LogP contribution in [-0.2, 0) is 16.0 Å². The van der Waals surface area contributed by atoms with E-state index in [1.165, 1.54) is 10.5 Å². The summed E-state index contributed by atoms with van der Waals surface area (Å²) >= 11 is 0. The third-order valence-corrected chi connectivity index (χ3v) is 3.68. The van der Waals surface area contributed by atoms with Crippen molar-refractivity contribution in [3.63, 3.8) is 0 Å². The number of aliphatic imine (C=N–C) groups is 1. The number of nitrogens with one attached hydrogen (secondary N) is 2. The smallest absolute Gasteiger partial charge is 0.243 e. The fraction of sp³-hybridized carbons (Fsp3) is 0.529. The Labute approximate surface area is 143 Å². The molecule has 0 bridgehead atoms. The quantitative estimate of drug-likeness (QED) is 0.425. The molecular formula is C17H26N4O3. The molecule has 7 heteroatoms. The van der Waals surface area contributed by atoms with E-state index in [0.29, 0.717) is 25.7 Å². The van der Waals surface area contributed by atoms with Gasteiger partial charge in [0.05, 0.1) is 13.2 Å². The molecule has 1 aromatic carbocycles. The summed E-state index contributed by atoms with van der Waals surface area (Å²) in [6.07, 6.45) is 0.923. The SMILES string of the molecule is COCCNC(=NCC(=O)N(C)C)NCC1Cc2ccccc2O1. The fourth-order valence-electron chi connectivity index (χ4n) is 2.31. The number of ether oxygens (including phenoxy) is 2. The van der Waals surface area contributed by atoms with Gasteiger partial charge in [-0.1, -0.05) is 18.2 Å². The van der Waals surface area contributed by atoms with E-state index in [2.05, 4.69) is 21.7 Å². The Bertz CT molecular complexity index is 550. The minimum atomic E-state index is -0.0487. The highest BCUT2D eigenvalue weighted by molar-refractivity contribution is 5.84. The van der Waals surface area contributed by atoms with Crippen molar-refractivity contribution in [2.45, 2.75) is 12.5 Å². The number of amides is 1. The van der Waals surface area contributed by atoms with Crippen molar-refractivity contribution in [3.8, 4) is 5.75 Å². The third kappa shape index (κ3) is 5.42. The highest BCUT2D eigenvalue weighted by atomic mass is 16.5. The van der Waals surface area contributed by atoms with Gasteiger partial charge in [0.25, 0.3) is 0 Å². The summed E-state index contributed by atoms with van der Waals surface area (Å²) in [7, 11) is 5.07. The molecule has 0 saturated carbocycles. The second-order valence-corrected chi connectivity index (χ2v) is 5.81. The van der Waals surface area contributed by atoms with Crippen LogP contribution in [0.25, 0.3) is 0 Å². The highest BCUT2D eigenvalue weighted by Crippen LogP contribution is 2.27. The third-order valence-electron chi connectivity index (χ3n) is 3.68. The molecule has 0 spiro atoms. The van der Waals surface area contributed by atoms with Crippen molar-refractivity contribution in [1.82, 2.24) is 15.5 Å². The van der Waals surface area contributed by atoms with Crippen LogP contribution < -0.4 is 15.4 Å². The zero-order valence-electron chi connectivity index (χ0n) is 14.5. The van der Waals surface area contributed by atoms with E-state index < -0.39 is 0 Å². The number of guanidine groups is 1. The first kappa shape index (κ1) is 18.1. The van der Waals surface area contributed by atoms with Crippen molar-refractivity contribution in [2.75, 3.05) is 47.4 Å². The Hall–Kier alpha value is -2.28. The Morgan fingerprint density at radius 2 is 2.17 bits per heavy atom. The average Bonchev–Trinajstić information content (AvgIpc) is 2.99. The number of fused-ring (bicyclic) bond motifs is 1. The van der Waals surface area contributed by atoms with Gasteiger partial charge in [-0.2, -0.15) is 0 Å². The molecule has 1 atom stereocenters. The van der Waals surface area contributed by atoms with Gasteiger partial charge in [0.1, 0.15) is 18.4 Å². The van der Waals surface area contributed by atoms with Crippen LogP contribution in [0.3, 0.4) is 0 Å². The molecule has 1 aliphatic heterocycles. The molecule has 1 amide bonds. The lowest BCUT2D eigenvalue weighted by Crippen LogP contribution is -2.44. The van der Waals surface area contributed by atoms with E-state index in [1.807, 2.05) is 18.2 Å². The van der Waals surface area contributed by atoms with Crippen LogP contribution in [0.1, 0.15) is 5.56 Å². The Kier molecular flexibility index (Phi) is 6.87. The lowest BCUT2D eigenvalue weighted by molar-refractivity contribution is -0.127. The average molecular weight is 334 g/mol. The van der Waals surface area contributed by atoms with E-state index >= 15 is 0 Å². The Balaban J connectivity index is 1.86. The molecule has 0 aromatic heterocycles. The van der Waals surface area contributed by atoms with E-state index in [1.54, 1.807) is 21.2 Å². The van der Waals surface area contributed by atoms with Gasteiger partial charge in [0, 0.05) is 34.2 Å². The number of hydrogen-bond acceptors (Lipinski definition) is 4. The zero-order valence-corrected chi connectivity index (χ0v) is 14.5. The van der Waals surface area contributed by atoms with E-state index in [0.717, 1.165) is 12.2 Å². The lowest BCUT2D eigenvalue weighted by atomic mass is 10.1. The van der Waals surface area contributed by atoms with Gasteiger partial charge in [0.15, 0.2) is 5.96 Å². The number of nitrogens with zero attached hydrogens (tertiary/aromatic N) is 2. The summed E-state index contributed by atoms with van der Waals surface area (Å²) in [5.41, 5.74) is 1.22. The van der Waals surface area contributed by atoms with Crippen LogP contribution in [0, 0.1) is 0 Å². The molecule has 1 aliphatic rings. The van der Waals surface area contributed by atoms with Gasteiger partial charge in [0.2, 0.25) is 5.91 Å². The summed E-state index contributed by atoms with van der Waals surface area (Å²) < 4.78 is 10.9. The number of methoxy groups -OCH3 is 1. The predicted octanol–water partition coefficient (Wildman–Crippen LogP) is 0.260. The standard InChI is InChI=1S/C17H26N4O3/c1-21(2)16(22)12-20-17(18-8-9-23-3)19-11-14-10-13-6-4-5-7-15(13)24-14/h4-7,14H,8-12H2,1-3H3,(H2,18,19,20). The van der Waals surface area contributed by atoms with Crippen LogP contribution in [0.5, 0.6) is 5.75 Å². The second-order valence-electron chi connectivity index (χ2n) is 5.81. The van der Waals surface area contributed by atoms with Crippen molar-refractivity contribution in [2.24, 2.45) is 4.99 Å². The van der Waals surface area contributed by atoms with Crippen molar-refractivity contribution in [3.05, 3.63) is 29.8 Å². The number of likely N-dealkylation sites (N-methyl/N-ethyl adjacent to an activating group) is 1. The minimum Gasteiger partial charge on any atom is -0.488 e. The lowest BCUT2D eigenvalue weighted by Gasteiger charge is -2.16. The van der Waals surface area contributed by atoms with E-state index in [-0.39, 0.29) is 18.6 Å². The maximum atomic E-state index is 11.7. The molecule has 1 unspecified atom stereocenters. The zero-order chi connectivity index (χ0) is 17.4. The normalized spacial score (nSPS) is 16.3. The highest BCUT2D eigenvalue weighted by Gasteiger charge is 2.22. The maximum Gasteiger partial charge on any atom is 0.243 e. The van der Waals surface area contributed by atoms with Gasteiger partial charge in [-0.25, -0.2) is 4.99 Å². The van der Waals surface area contributed by atoms with Crippen molar-refractivity contribution in [1.29, 1.82) is 0 Å². The summed E-state index contributed by atoms with van der Waals surface area (Å²) in [5.74, 6) is 1.48. The number of para-hydroxylation sites is 1. The van der Waals surface area contributed by atoms with E-state index in [4.69, 9.17) is 9.47 Å². The van der Waals surface area contributed by atoms with Gasteiger partial charge in [-0.3, -0.25) is 4.79 Å². The molecule has 2 N–H and O–H groups in total. The van der Waals surface area contributed by atoms with Crippen LogP contribution in [0.15, 0.2) is 29.3 Å². The first-order chi connectivity index (χ1) is 11.6. The molecule has 1 heterocycles. The number of rotatable bonds is 7. The monoisotopic (exact) mass is 334 g/mol. The molecule has 1 aromatic rings. The first-order valence-corrected chi connectivity index (χ1v) is 8.06. The molecule has 132 valence electrons. The minimum absolute atomic E-state index is 0.0487. The molecule has 24 heavy (non-hydrogen) atoms. The van der Waals surface area contributed by atoms with Gasteiger partial charge in [-0.05, 0) is 11.6 Å². The van der Waals surface area contributed by atoms with Crippen LogP contribution in [-0.4, -0.2) is 70.3 Å². The van der Waals surface area contributed by atoms with Gasteiger partial charge in [-0.15, -0.1) is 0 Å². The molecule has 0 saturated heterocycles. The predicted molar refractivity (Wildman–Crippen MR) is 93.4 cm³/mol. The van der Waals surface area contributed by atoms with Crippen LogP contribution >= 0.6 is 0 Å². The topological polar surface area (TPSA) is 75.2 Å². The Morgan fingerprint density at radius 3 is 2.88 bits per heavy atom. The number of carbonyl (C=O) groups excluding carboxylic acids is 1. The summed E-state index contributed by atoms with van der Waals surface area (Å²) in [6, 6.07) is 8.05. The van der Waals surface area contributed by atoms with Crippen molar-refractivity contribution < 1.29 is 14.3 Å². The molecule has 2 rings (SSSR count). The first-order valence-electron chi connectivity index (χ1n) is 8.06. The van der Waals surface area contributed by atoms with Gasteiger partial charge < -0.3 is 25.0 Å². The van der Waals surface area contributed by atoms with Crippen LogP contribution in [0.2, 0.25) is 0 Å². The summed E-state index contributed by atoms with van der Waals surface area (Å²) in [6.45, 7) is 1.89. The molecule has 7 nitrogen and oxygen atoms in total. The summed E-state index contributed by atoms with van der Waals surface area (Å²) in [4.78, 5) is 17.5. The van der Waals surface area contributed by atoms with E-state index in [9.17, 15) is 4.79 Å². The molecule has 0 fully saturated rings. The number of carbonyl (C=O) groups is 1. The molecule has 0 radical (unpaired) electrons. The largest absolute Gasteiger partial charge is 0.488 e. The molecule has 0 aliphatic carbocycles. The van der Waals surface area contributed by atoms with Crippen LogP contribution in [0.4, 0.5) is 0 Å². The number of hydrogen-bond donors (Lipinski definition) is 2. The molecular weight excluding hydrogens is 308 g/mol. The Morgan fingerprint density at radius 1 is 1.38 bits per heavy atom. The fourth-order valence-corrected chi connectivity index (χ4v) is 2.31. The summed E-state index contributed by atoms with van der Waals surface area (Å²) in [5, 5.41) is 6.38. The second kappa shape index (κ2) is 9.12. The van der Waals surface area contributed by atoms with Gasteiger partial charge >= 0.3 is 0 Å². The number of benzene rings is 1. The maximum absolute atomic E-state index is 11.7. The van der Waals surface area contributed by atoms with Crippen molar-refractivity contribution >= 4 is 11.9 Å².